The quantitative estimate of drug-likeness (QED) is 0.167. The van der Waals surface area contributed by atoms with Crippen LogP contribution < -0.4 is 0 Å². The molecule has 0 unspecified atom stereocenters. The van der Waals surface area contributed by atoms with Crippen molar-refractivity contribution in [1.29, 1.82) is 0 Å². The molecule has 0 spiro atoms. The topological polar surface area (TPSA) is 0 Å². The maximum absolute atomic E-state index is 2.36. The Morgan fingerprint density at radius 2 is 0.649 bits per heavy atom. The van der Waals surface area contributed by atoms with Crippen LogP contribution in [-0.2, 0) is 12.8 Å². The molecule has 0 N–H and O–H groups in total. The number of hydrogen-bond donors (Lipinski definition) is 0. The average molecular weight is 473 g/mol. The van der Waals surface area contributed by atoms with Gasteiger partial charge in [0.05, 0.1) is 0 Å². The van der Waals surface area contributed by atoms with Gasteiger partial charge in [0.15, 0.2) is 0 Å². The van der Waals surface area contributed by atoms with E-state index in [1.165, 1.54) is 95.0 Å². The molecule has 0 amide bonds. The minimum Gasteiger partial charge on any atom is -0.0610 e. The van der Waals surface area contributed by atoms with Crippen molar-refractivity contribution < 1.29 is 0 Å². The Kier molecular flexibility index (Phi) is 4.64. The second-order valence-corrected chi connectivity index (χ2v) is 10.7. The van der Waals surface area contributed by atoms with Crippen LogP contribution in [0.4, 0.5) is 0 Å². The van der Waals surface area contributed by atoms with Gasteiger partial charge in [0.2, 0.25) is 0 Å². The predicted molar refractivity (Wildman–Crippen MR) is 162 cm³/mol. The minimum absolute atomic E-state index is 1.15. The Bertz CT molecular complexity index is 1880. The van der Waals surface area contributed by atoms with Crippen LogP contribution in [0.25, 0.3) is 64.6 Å². The molecule has 37 heavy (non-hydrogen) atoms. The van der Waals surface area contributed by atoms with Gasteiger partial charge in [0.25, 0.3) is 0 Å². The lowest BCUT2D eigenvalue weighted by Gasteiger charge is -2.14. The highest BCUT2D eigenvalue weighted by Gasteiger charge is 2.12. The lowest BCUT2D eigenvalue weighted by molar-refractivity contribution is 0.682. The van der Waals surface area contributed by atoms with Crippen molar-refractivity contribution in [2.24, 2.45) is 0 Å². The van der Waals surface area contributed by atoms with Gasteiger partial charge in [-0.05, 0) is 101 Å². The Labute approximate surface area is 216 Å². The first kappa shape index (κ1) is 21.0. The first-order chi connectivity index (χ1) is 18.3. The first-order valence-electron chi connectivity index (χ1n) is 13.7. The van der Waals surface area contributed by atoms with Crippen LogP contribution in [0.15, 0.2) is 109 Å². The molecule has 0 radical (unpaired) electrons. The van der Waals surface area contributed by atoms with Crippen molar-refractivity contribution >= 4 is 64.6 Å². The van der Waals surface area contributed by atoms with Crippen molar-refractivity contribution in [3.05, 3.63) is 120 Å². The number of unbranched alkanes of at least 4 members (excludes halogenated alkanes) is 2. The summed E-state index contributed by atoms with van der Waals surface area (Å²) >= 11 is 0. The van der Waals surface area contributed by atoms with Crippen molar-refractivity contribution in [1.82, 2.24) is 0 Å². The number of rotatable bonds is 6. The van der Waals surface area contributed by atoms with Gasteiger partial charge in [-0.25, -0.2) is 0 Å². The van der Waals surface area contributed by atoms with Crippen LogP contribution >= 0.6 is 0 Å². The van der Waals surface area contributed by atoms with Gasteiger partial charge < -0.3 is 0 Å². The molecule has 0 aliphatic carbocycles. The highest BCUT2D eigenvalue weighted by Crippen LogP contribution is 2.38. The summed E-state index contributed by atoms with van der Waals surface area (Å²) in [5.41, 5.74) is 2.99. The summed E-state index contributed by atoms with van der Waals surface area (Å²) in [6.45, 7) is 0. The van der Waals surface area contributed by atoms with Crippen molar-refractivity contribution in [3.63, 3.8) is 0 Å². The molecule has 0 aliphatic rings. The van der Waals surface area contributed by atoms with Crippen LogP contribution in [0, 0.1) is 0 Å². The second-order valence-electron chi connectivity index (χ2n) is 10.7. The van der Waals surface area contributed by atoms with E-state index in [9.17, 15) is 0 Å². The molecule has 0 atom stereocenters. The van der Waals surface area contributed by atoms with Gasteiger partial charge in [-0.3, -0.25) is 0 Å². The molecule has 0 nitrogen and oxygen atoms in total. The van der Waals surface area contributed by atoms with Gasteiger partial charge in [0, 0.05) is 0 Å². The summed E-state index contributed by atoms with van der Waals surface area (Å²) < 4.78 is 0. The van der Waals surface area contributed by atoms with E-state index in [0.29, 0.717) is 0 Å². The van der Waals surface area contributed by atoms with E-state index >= 15 is 0 Å². The molecular weight excluding hydrogens is 444 g/mol. The molecule has 176 valence electrons. The zero-order valence-electron chi connectivity index (χ0n) is 20.9. The normalized spacial score (nSPS) is 12.3. The van der Waals surface area contributed by atoms with E-state index in [1.807, 2.05) is 0 Å². The van der Waals surface area contributed by atoms with Crippen LogP contribution in [0.2, 0.25) is 0 Å². The summed E-state index contributed by atoms with van der Waals surface area (Å²) in [7, 11) is 0. The van der Waals surface area contributed by atoms with E-state index in [-0.39, 0.29) is 0 Å². The monoisotopic (exact) mass is 472 g/mol. The van der Waals surface area contributed by atoms with Crippen LogP contribution in [0.3, 0.4) is 0 Å². The number of hydrogen-bond acceptors (Lipinski definition) is 0. The summed E-state index contributed by atoms with van der Waals surface area (Å²) in [6.07, 6.45) is 6.01. The van der Waals surface area contributed by atoms with Crippen LogP contribution in [-0.4, -0.2) is 0 Å². The molecule has 8 rings (SSSR count). The maximum atomic E-state index is 2.36. The van der Waals surface area contributed by atoms with Gasteiger partial charge in [0.1, 0.15) is 0 Å². The Morgan fingerprint density at radius 3 is 1.08 bits per heavy atom. The Morgan fingerprint density at radius 1 is 0.297 bits per heavy atom. The molecular formula is C37H28. The van der Waals surface area contributed by atoms with Crippen molar-refractivity contribution in [2.75, 3.05) is 0 Å². The molecule has 0 aromatic heterocycles. The van der Waals surface area contributed by atoms with Gasteiger partial charge in [-0.2, -0.15) is 0 Å². The lowest BCUT2D eigenvalue weighted by atomic mass is 9.89. The third-order valence-electron chi connectivity index (χ3n) is 8.63. The van der Waals surface area contributed by atoms with Crippen LogP contribution in [0.1, 0.15) is 30.4 Å². The molecule has 0 heteroatoms. The van der Waals surface area contributed by atoms with Gasteiger partial charge >= 0.3 is 0 Å². The van der Waals surface area contributed by atoms with E-state index < -0.39 is 0 Å². The Balaban J connectivity index is 1.04. The van der Waals surface area contributed by atoms with Crippen molar-refractivity contribution in [3.8, 4) is 0 Å². The zero-order chi connectivity index (χ0) is 24.3. The summed E-state index contributed by atoms with van der Waals surface area (Å²) in [5.74, 6) is 0. The SMILES string of the molecule is c1cc2ccc3ccc(CCCCCc4ccc5ccc6cccc7ccc4c5c67)c4ccc(c1)c2c34. The maximum Gasteiger partial charge on any atom is -0.00240 e. The molecule has 0 bridgehead atoms. The molecule has 0 heterocycles. The fraction of sp³-hybridized carbons (Fsp3) is 0.135. The highest BCUT2D eigenvalue weighted by molar-refractivity contribution is 6.24. The second kappa shape index (κ2) is 8.18. The summed E-state index contributed by atoms with van der Waals surface area (Å²) in [5, 5.41) is 16.7. The fourth-order valence-electron chi connectivity index (χ4n) is 6.84. The average Bonchev–Trinajstić information content (AvgIpc) is 2.95. The minimum atomic E-state index is 1.15. The lowest BCUT2D eigenvalue weighted by Crippen LogP contribution is -1.93. The fourth-order valence-corrected chi connectivity index (χ4v) is 6.84. The molecule has 8 aromatic rings. The Hall–Kier alpha value is -4.16. The molecule has 0 saturated carbocycles. The summed E-state index contributed by atoms with van der Waals surface area (Å²) in [6, 6.07) is 41.1. The largest absolute Gasteiger partial charge is 0.0610 e. The van der Waals surface area contributed by atoms with E-state index in [0.717, 1.165) is 12.8 Å². The van der Waals surface area contributed by atoms with Crippen LogP contribution in [0.5, 0.6) is 0 Å². The third kappa shape index (κ3) is 3.22. The molecule has 8 aromatic carbocycles. The number of aryl methyl sites for hydroxylation is 2. The number of benzene rings is 8. The standard InChI is InChI=1S/C37H28/c1(2-6-24-12-14-30-18-16-26-8-4-10-28-20-22-32(24)36(30)34(26)28)3-7-25-13-15-31-19-17-27-9-5-11-29-21-23-33(25)37(31)35(27)29/h4-5,8-23H,1-3,6-7H2. The van der Waals surface area contributed by atoms with Gasteiger partial charge in [-0.1, -0.05) is 116 Å². The van der Waals surface area contributed by atoms with E-state index in [4.69, 9.17) is 0 Å². The molecule has 0 saturated heterocycles. The van der Waals surface area contributed by atoms with E-state index in [2.05, 4.69) is 109 Å². The summed E-state index contributed by atoms with van der Waals surface area (Å²) in [4.78, 5) is 0. The smallest absolute Gasteiger partial charge is 0.00240 e. The molecule has 0 aliphatic heterocycles. The first-order valence-corrected chi connectivity index (χ1v) is 13.7. The predicted octanol–water partition coefficient (Wildman–Crippen LogP) is 10.4. The van der Waals surface area contributed by atoms with Gasteiger partial charge in [-0.15, -0.1) is 0 Å². The molecule has 0 fully saturated rings. The van der Waals surface area contributed by atoms with E-state index in [1.54, 1.807) is 0 Å². The highest BCUT2D eigenvalue weighted by atomic mass is 14.2. The zero-order valence-corrected chi connectivity index (χ0v) is 20.9. The van der Waals surface area contributed by atoms with Crippen molar-refractivity contribution in [2.45, 2.75) is 32.1 Å². The third-order valence-corrected chi connectivity index (χ3v) is 8.63.